The molecule has 0 bridgehead atoms. The van der Waals surface area contributed by atoms with Crippen molar-refractivity contribution in [2.24, 2.45) is 5.10 Å². The maximum Gasteiger partial charge on any atom is 0.355 e. The Bertz CT molecular complexity index is 866. The van der Waals surface area contributed by atoms with Gasteiger partial charge in [0.15, 0.2) is 5.71 Å². The highest BCUT2D eigenvalue weighted by Gasteiger charge is 2.26. The maximum atomic E-state index is 12.0. The summed E-state index contributed by atoms with van der Waals surface area (Å²) < 4.78 is 4.82. The van der Waals surface area contributed by atoms with E-state index in [0.717, 1.165) is 4.79 Å². The van der Waals surface area contributed by atoms with Gasteiger partial charge in [0.2, 0.25) is 4.77 Å². The summed E-state index contributed by atoms with van der Waals surface area (Å²) in [5, 5.41) is 16.4. The van der Waals surface area contributed by atoms with Crippen LogP contribution in [0.1, 0.15) is 11.5 Å². The van der Waals surface area contributed by atoms with Crippen molar-refractivity contribution in [1.29, 1.82) is 5.26 Å². The van der Waals surface area contributed by atoms with Crippen molar-refractivity contribution < 1.29 is 9.53 Å². The van der Waals surface area contributed by atoms with E-state index in [0.29, 0.717) is 10.6 Å². The van der Waals surface area contributed by atoms with Crippen LogP contribution in [0.15, 0.2) is 29.4 Å². The molecule has 0 saturated heterocycles. The molecule has 0 aliphatic carbocycles. The smallest absolute Gasteiger partial charge is 0.355 e. The second kappa shape index (κ2) is 7.58. The summed E-state index contributed by atoms with van der Waals surface area (Å²) >= 11 is 10.7. The number of ether oxygens (including phenoxy) is 1. The van der Waals surface area contributed by atoms with Crippen molar-refractivity contribution in [3.63, 3.8) is 0 Å². The van der Waals surface area contributed by atoms with Gasteiger partial charge in [-0.3, -0.25) is 5.10 Å². The van der Waals surface area contributed by atoms with Crippen LogP contribution < -0.4 is 11.3 Å². The number of nitrogens with zero attached hydrogens (tertiary/aromatic N) is 4. The number of nitriles is 1. The summed E-state index contributed by atoms with van der Waals surface area (Å²) in [5.41, 5.74) is 2.84. The Hall–Kier alpha value is -2.90. The Balaban J connectivity index is 2.39. The van der Waals surface area contributed by atoms with Crippen LogP contribution in [-0.4, -0.2) is 33.7 Å². The first-order valence-corrected chi connectivity index (χ1v) is 7.26. The minimum absolute atomic E-state index is 0.0641. The lowest BCUT2D eigenvalue weighted by Crippen LogP contribution is -2.25. The number of aromatic amines is 1. The van der Waals surface area contributed by atoms with Gasteiger partial charge in [0, 0.05) is 5.02 Å². The molecule has 0 aliphatic heterocycles. The van der Waals surface area contributed by atoms with E-state index in [1.165, 1.54) is 7.11 Å². The highest BCUT2D eigenvalue weighted by atomic mass is 35.5. The molecule has 1 aromatic heterocycles. The van der Waals surface area contributed by atoms with Crippen LogP contribution in [0.4, 0.5) is 5.95 Å². The molecule has 0 fully saturated rings. The molecular weight excluding hydrogens is 354 g/mol. The number of hydrazone groups is 1. The molecule has 2 rings (SSSR count). The van der Waals surface area contributed by atoms with E-state index in [-0.39, 0.29) is 16.4 Å². The summed E-state index contributed by atoms with van der Waals surface area (Å²) in [6.07, 6.45) is 0. The average molecular weight is 366 g/mol. The number of hydrogen-bond acceptors (Lipinski definition) is 8. The molecule has 0 radical (unpaired) electrons. The van der Waals surface area contributed by atoms with Crippen LogP contribution in [-0.2, 0) is 9.53 Å². The Morgan fingerprint density at radius 3 is 2.75 bits per heavy atom. The van der Waals surface area contributed by atoms with Crippen molar-refractivity contribution in [1.82, 2.24) is 14.9 Å². The summed E-state index contributed by atoms with van der Waals surface area (Å²) in [6.45, 7) is 0. The molecule has 11 heteroatoms. The van der Waals surface area contributed by atoms with E-state index in [1.807, 2.05) is 6.07 Å². The molecule has 0 spiro atoms. The van der Waals surface area contributed by atoms with Crippen molar-refractivity contribution in [2.75, 3.05) is 18.4 Å². The highest BCUT2D eigenvalue weighted by Crippen LogP contribution is 2.20. The number of halogens is 1. The number of nitrogens with two attached hydrogens (primary N) is 1. The molecule has 1 atom stereocenters. The number of methoxy groups -OCH3 is 1. The van der Waals surface area contributed by atoms with Gasteiger partial charge in [-0.1, -0.05) is 23.7 Å². The quantitative estimate of drug-likeness (QED) is 0.240. The van der Waals surface area contributed by atoms with Gasteiger partial charge in [-0.2, -0.15) is 20.1 Å². The van der Waals surface area contributed by atoms with Crippen LogP contribution in [0.5, 0.6) is 0 Å². The number of esters is 1. The fraction of sp³-hybridized carbons (Fsp3) is 0.154. The van der Waals surface area contributed by atoms with Crippen molar-refractivity contribution in [3.8, 4) is 6.07 Å². The minimum atomic E-state index is -0.977. The normalized spacial score (nSPS) is 12.3. The minimum Gasteiger partial charge on any atom is -0.464 e. The second-order valence-electron chi connectivity index (χ2n) is 4.44. The van der Waals surface area contributed by atoms with Crippen LogP contribution in [0.25, 0.3) is 0 Å². The predicted octanol–water partition coefficient (Wildman–Crippen LogP) is 1.56. The number of aromatic nitrogens is 3. The van der Waals surface area contributed by atoms with Crippen molar-refractivity contribution in [3.05, 3.63) is 39.6 Å². The summed E-state index contributed by atoms with van der Waals surface area (Å²) in [7, 11) is 1.19. The number of rotatable bonds is 5. The molecule has 1 aromatic carbocycles. The molecule has 2 aromatic rings. The number of benzene rings is 1. The van der Waals surface area contributed by atoms with Gasteiger partial charge in [-0.15, -0.1) is 0 Å². The van der Waals surface area contributed by atoms with Gasteiger partial charge < -0.3 is 10.6 Å². The topological polar surface area (TPSA) is 134 Å². The van der Waals surface area contributed by atoms with Crippen LogP contribution in [0.3, 0.4) is 0 Å². The zero-order valence-electron chi connectivity index (χ0n) is 12.4. The molecule has 0 amide bonds. The van der Waals surface area contributed by atoms with Crippen molar-refractivity contribution >= 4 is 41.4 Å². The van der Waals surface area contributed by atoms with E-state index < -0.39 is 11.9 Å². The fourth-order valence-electron chi connectivity index (χ4n) is 1.80. The summed E-state index contributed by atoms with van der Waals surface area (Å²) in [5.74, 6) is 3.89. The van der Waals surface area contributed by atoms with E-state index >= 15 is 0 Å². The maximum absolute atomic E-state index is 12.0. The van der Waals surface area contributed by atoms with Crippen LogP contribution in [0.2, 0.25) is 5.02 Å². The van der Waals surface area contributed by atoms with E-state index in [9.17, 15) is 10.1 Å². The Kier molecular flexibility index (Phi) is 5.51. The number of nitrogens with one attached hydrogen (secondary N) is 2. The first-order valence-electron chi connectivity index (χ1n) is 6.47. The van der Waals surface area contributed by atoms with E-state index in [1.54, 1.807) is 24.3 Å². The van der Waals surface area contributed by atoms with Gasteiger partial charge >= 0.3 is 5.97 Å². The standard InChI is InChI=1S/C13H12ClN7O2S/c1-23-11(22)10(18-19-12-17-13(24)20-21(12)16)9(6-15)7-2-4-8(14)5-3-7/h2-5,9H,16H2,1H3,(H2,17,19,20,24)/b18-10-/t9-/m0/s1. The first kappa shape index (κ1) is 17.5. The fourth-order valence-corrected chi connectivity index (χ4v) is 2.11. The molecule has 0 saturated carbocycles. The Labute approximate surface area is 146 Å². The predicted molar refractivity (Wildman–Crippen MR) is 90.4 cm³/mol. The van der Waals surface area contributed by atoms with Gasteiger partial charge in [0.05, 0.1) is 13.2 Å². The summed E-state index contributed by atoms with van der Waals surface area (Å²) in [6, 6.07) is 8.46. The molecule has 124 valence electrons. The van der Waals surface area contributed by atoms with Gasteiger partial charge in [-0.25, -0.2) is 10.2 Å². The molecule has 1 heterocycles. The first-order chi connectivity index (χ1) is 11.5. The number of H-pyrrole nitrogens is 1. The third-order valence-corrected chi connectivity index (χ3v) is 3.36. The number of hydrogen-bond donors (Lipinski definition) is 3. The number of carbonyl (C=O) groups excluding carboxylic acids is 1. The van der Waals surface area contributed by atoms with Crippen LogP contribution >= 0.6 is 23.8 Å². The molecule has 4 N–H and O–H groups in total. The third-order valence-electron chi connectivity index (χ3n) is 2.93. The zero-order valence-corrected chi connectivity index (χ0v) is 13.9. The van der Waals surface area contributed by atoms with Crippen molar-refractivity contribution in [2.45, 2.75) is 5.92 Å². The number of anilines is 1. The molecule has 0 unspecified atom stereocenters. The van der Waals surface area contributed by atoms with Gasteiger partial charge in [-0.05, 0) is 29.9 Å². The SMILES string of the molecule is COC(=O)/C(=N\Nc1nc(=S)[nH]n1N)[C@@H](C#N)c1ccc(Cl)cc1. The highest BCUT2D eigenvalue weighted by molar-refractivity contribution is 7.71. The molecule has 24 heavy (non-hydrogen) atoms. The molecule has 9 nitrogen and oxygen atoms in total. The molecule has 0 aliphatic rings. The Morgan fingerprint density at radius 1 is 1.58 bits per heavy atom. The molecular formula is C13H12ClN7O2S. The number of nitrogen functional groups attached to an aromatic ring is 1. The van der Waals surface area contributed by atoms with Gasteiger partial charge in [0.25, 0.3) is 5.95 Å². The lowest BCUT2D eigenvalue weighted by atomic mass is 9.95. The van der Waals surface area contributed by atoms with Crippen LogP contribution in [0, 0.1) is 16.1 Å². The second-order valence-corrected chi connectivity index (χ2v) is 5.26. The third kappa shape index (κ3) is 3.89. The monoisotopic (exact) mass is 365 g/mol. The van der Waals surface area contributed by atoms with E-state index in [4.69, 9.17) is 34.4 Å². The largest absolute Gasteiger partial charge is 0.464 e. The lowest BCUT2D eigenvalue weighted by Gasteiger charge is -2.11. The van der Waals surface area contributed by atoms with E-state index in [2.05, 4.69) is 20.6 Å². The lowest BCUT2D eigenvalue weighted by molar-refractivity contribution is -0.132. The average Bonchev–Trinajstić information content (AvgIpc) is 2.89. The summed E-state index contributed by atoms with van der Waals surface area (Å²) in [4.78, 5) is 16.9. The zero-order chi connectivity index (χ0) is 17.7. The Morgan fingerprint density at radius 2 is 2.25 bits per heavy atom. The number of carbonyl (C=O) groups is 1. The van der Waals surface area contributed by atoms with Gasteiger partial charge in [0.1, 0.15) is 5.92 Å².